The smallest absolute Gasteiger partial charge is 0.258 e. The number of carbonyl (C=O) groups is 1. The van der Waals surface area contributed by atoms with Crippen molar-refractivity contribution in [1.82, 2.24) is 20.2 Å². The van der Waals surface area contributed by atoms with Gasteiger partial charge in [-0.05, 0) is 13.2 Å². The van der Waals surface area contributed by atoms with Crippen LogP contribution in [-0.4, -0.2) is 40.7 Å². The van der Waals surface area contributed by atoms with Crippen LogP contribution in [0.3, 0.4) is 0 Å². The average molecular weight is 238 g/mol. The molecule has 2 heterocycles. The van der Waals surface area contributed by atoms with Crippen LogP contribution in [0, 0.1) is 0 Å². The number of nitrogens with one attached hydrogen (secondary N) is 1. The topological polar surface area (TPSA) is 58.1 Å². The number of hydrogen-bond acceptors (Lipinski definition) is 5. The molecule has 0 saturated heterocycles. The van der Waals surface area contributed by atoms with Gasteiger partial charge in [0.1, 0.15) is 0 Å². The minimum Gasteiger partial charge on any atom is -0.329 e. The lowest BCUT2D eigenvalue weighted by Crippen LogP contribution is -2.33. The number of rotatable bonds is 1. The van der Waals surface area contributed by atoms with Gasteiger partial charge in [0.2, 0.25) is 0 Å². The quantitative estimate of drug-likeness (QED) is 0.581. The zero-order valence-electron chi connectivity index (χ0n) is 9.52. The molecule has 6 heteroatoms. The van der Waals surface area contributed by atoms with Crippen molar-refractivity contribution in [2.24, 2.45) is 0 Å². The van der Waals surface area contributed by atoms with Crippen molar-refractivity contribution in [2.45, 2.75) is 18.1 Å². The van der Waals surface area contributed by atoms with Crippen molar-refractivity contribution in [3.8, 4) is 0 Å². The molecule has 0 aromatic carbocycles. The van der Waals surface area contributed by atoms with Crippen LogP contribution in [0.2, 0.25) is 0 Å². The Bertz CT molecular complexity index is 423. The van der Waals surface area contributed by atoms with Crippen molar-refractivity contribution in [1.29, 1.82) is 0 Å². The van der Waals surface area contributed by atoms with E-state index in [1.165, 1.54) is 11.8 Å². The molecule has 0 spiro atoms. The number of aromatic nitrogens is 2. The van der Waals surface area contributed by atoms with Crippen molar-refractivity contribution in [3.63, 3.8) is 0 Å². The van der Waals surface area contributed by atoms with Crippen molar-refractivity contribution in [2.75, 3.05) is 20.0 Å². The molecule has 1 unspecified atom stereocenters. The summed E-state index contributed by atoms with van der Waals surface area (Å²) in [5.41, 5.74) is 1.38. The van der Waals surface area contributed by atoms with Crippen LogP contribution in [0.4, 0.5) is 0 Å². The highest BCUT2D eigenvalue weighted by atomic mass is 32.2. The highest BCUT2D eigenvalue weighted by Crippen LogP contribution is 2.21. The maximum Gasteiger partial charge on any atom is 0.258 e. The molecule has 1 aromatic heterocycles. The minimum atomic E-state index is -0.0282. The monoisotopic (exact) mass is 238 g/mol. The minimum absolute atomic E-state index is 0.0282. The Kier molecular flexibility index (Phi) is 3.11. The number of carbonyl (C=O) groups excluding carboxylic acids is 1. The number of amides is 1. The maximum absolute atomic E-state index is 12.0. The molecule has 0 bridgehead atoms. The molecule has 1 aromatic rings. The second-order valence-corrected chi connectivity index (χ2v) is 4.52. The van der Waals surface area contributed by atoms with Gasteiger partial charge in [0, 0.05) is 19.3 Å². The Balaban J connectivity index is 2.51. The van der Waals surface area contributed by atoms with E-state index in [1.807, 2.05) is 13.2 Å². The molecule has 0 fully saturated rings. The molecular weight excluding hydrogens is 224 g/mol. The molecule has 1 atom stereocenters. The third kappa shape index (κ3) is 1.90. The number of nitrogens with zero attached hydrogens (tertiary/aromatic N) is 3. The molecule has 1 amide bonds. The van der Waals surface area contributed by atoms with Gasteiger partial charge >= 0.3 is 0 Å². The first kappa shape index (κ1) is 11.3. The van der Waals surface area contributed by atoms with E-state index < -0.39 is 0 Å². The Hall–Kier alpha value is -1.14. The van der Waals surface area contributed by atoms with E-state index >= 15 is 0 Å². The lowest BCUT2D eigenvalue weighted by Gasteiger charge is -2.14. The zero-order valence-corrected chi connectivity index (χ0v) is 10.3. The number of fused-ring (bicyclic) bond motifs is 1. The SMILES string of the molecule is CSc1ncc2c(n1)C(C)NCN(C)C2=O. The summed E-state index contributed by atoms with van der Waals surface area (Å²) in [6, 6.07) is 0.0674. The standard InChI is InChI=1S/C10H14N4OS/c1-6-8-7(4-11-10(13-8)16-3)9(15)14(2)5-12-6/h4,6,12H,5H2,1-3H3. The molecule has 1 aliphatic heterocycles. The van der Waals surface area contributed by atoms with Crippen LogP contribution in [0.25, 0.3) is 0 Å². The Morgan fingerprint density at radius 2 is 2.38 bits per heavy atom. The van der Waals surface area contributed by atoms with Gasteiger partial charge in [0.25, 0.3) is 5.91 Å². The highest BCUT2D eigenvalue weighted by Gasteiger charge is 2.25. The predicted octanol–water partition coefficient (Wildman–Crippen LogP) is 0.892. The van der Waals surface area contributed by atoms with Crippen LogP contribution < -0.4 is 5.32 Å². The van der Waals surface area contributed by atoms with Crippen LogP contribution >= 0.6 is 11.8 Å². The number of thioether (sulfide) groups is 1. The molecule has 0 aliphatic carbocycles. The fourth-order valence-corrected chi connectivity index (χ4v) is 1.97. The third-order valence-electron chi connectivity index (χ3n) is 2.60. The van der Waals surface area contributed by atoms with E-state index in [-0.39, 0.29) is 11.9 Å². The van der Waals surface area contributed by atoms with E-state index in [0.717, 1.165) is 5.69 Å². The largest absolute Gasteiger partial charge is 0.329 e. The van der Waals surface area contributed by atoms with Crippen LogP contribution in [-0.2, 0) is 0 Å². The van der Waals surface area contributed by atoms with E-state index in [9.17, 15) is 4.79 Å². The molecular formula is C10H14N4OS. The van der Waals surface area contributed by atoms with Crippen molar-refractivity contribution in [3.05, 3.63) is 17.5 Å². The molecule has 1 N–H and O–H groups in total. The molecule has 0 saturated carbocycles. The van der Waals surface area contributed by atoms with Crippen LogP contribution in [0.15, 0.2) is 11.4 Å². The lowest BCUT2D eigenvalue weighted by atomic mass is 10.1. The molecule has 16 heavy (non-hydrogen) atoms. The average Bonchev–Trinajstić information content (AvgIpc) is 2.42. The van der Waals surface area contributed by atoms with Gasteiger partial charge < -0.3 is 4.90 Å². The first-order valence-corrected chi connectivity index (χ1v) is 6.25. The van der Waals surface area contributed by atoms with Gasteiger partial charge in [0.05, 0.1) is 17.9 Å². The summed E-state index contributed by atoms with van der Waals surface area (Å²) in [7, 11) is 1.76. The van der Waals surface area contributed by atoms with E-state index in [2.05, 4.69) is 15.3 Å². The molecule has 1 aliphatic rings. The fraction of sp³-hybridized carbons (Fsp3) is 0.500. The number of hydrogen-bond donors (Lipinski definition) is 1. The zero-order chi connectivity index (χ0) is 11.7. The van der Waals surface area contributed by atoms with E-state index in [1.54, 1.807) is 18.1 Å². The van der Waals surface area contributed by atoms with Gasteiger partial charge in [-0.1, -0.05) is 11.8 Å². The predicted molar refractivity (Wildman–Crippen MR) is 62.3 cm³/mol. The third-order valence-corrected chi connectivity index (χ3v) is 3.16. The Morgan fingerprint density at radius 1 is 1.62 bits per heavy atom. The van der Waals surface area contributed by atoms with E-state index in [4.69, 9.17) is 0 Å². The van der Waals surface area contributed by atoms with Crippen LogP contribution in [0.5, 0.6) is 0 Å². The molecule has 5 nitrogen and oxygen atoms in total. The second kappa shape index (κ2) is 4.39. The maximum atomic E-state index is 12.0. The van der Waals surface area contributed by atoms with Gasteiger partial charge in [-0.3, -0.25) is 10.1 Å². The Morgan fingerprint density at radius 3 is 3.06 bits per heavy atom. The normalized spacial score (nSPS) is 20.6. The lowest BCUT2D eigenvalue weighted by molar-refractivity contribution is 0.0790. The summed E-state index contributed by atoms with van der Waals surface area (Å²) in [5, 5.41) is 3.94. The Labute approximate surface area is 98.6 Å². The van der Waals surface area contributed by atoms with Crippen molar-refractivity contribution >= 4 is 17.7 Å². The van der Waals surface area contributed by atoms with Gasteiger partial charge in [-0.2, -0.15) is 0 Å². The summed E-state index contributed by atoms with van der Waals surface area (Å²) < 4.78 is 0. The molecule has 0 radical (unpaired) electrons. The summed E-state index contributed by atoms with van der Waals surface area (Å²) in [5.74, 6) is -0.0282. The summed E-state index contributed by atoms with van der Waals surface area (Å²) in [6.45, 7) is 2.54. The van der Waals surface area contributed by atoms with Crippen LogP contribution in [0.1, 0.15) is 29.0 Å². The summed E-state index contributed by atoms with van der Waals surface area (Å²) >= 11 is 1.48. The molecule has 2 rings (SSSR count). The van der Waals surface area contributed by atoms with E-state index in [0.29, 0.717) is 17.4 Å². The summed E-state index contributed by atoms with van der Waals surface area (Å²) in [6.07, 6.45) is 3.54. The first-order chi connectivity index (χ1) is 7.63. The summed E-state index contributed by atoms with van der Waals surface area (Å²) in [4.78, 5) is 22.2. The fourth-order valence-electron chi connectivity index (χ4n) is 1.62. The van der Waals surface area contributed by atoms with Gasteiger partial charge in [-0.15, -0.1) is 0 Å². The van der Waals surface area contributed by atoms with Crippen molar-refractivity contribution < 1.29 is 4.79 Å². The molecule has 86 valence electrons. The van der Waals surface area contributed by atoms with Gasteiger partial charge in [0.15, 0.2) is 5.16 Å². The highest BCUT2D eigenvalue weighted by molar-refractivity contribution is 7.98. The second-order valence-electron chi connectivity index (χ2n) is 3.74. The first-order valence-electron chi connectivity index (χ1n) is 5.03. The van der Waals surface area contributed by atoms with Gasteiger partial charge in [-0.25, -0.2) is 9.97 Å².